The molecule has 158 valence electrons. The number of ether oxygens (including phenoxy) is 2. The molecule has 1 aliphatic rings. The predicted molar refractivity (Wildman–Crippen MR) is 103 cm³/mol. The van der Waals surface area contributed by atoms with Gasteiger partial charge in [-0.1, -0.05) is 30.3 Å². The van der Waals surface area contributed by atoms with Crippen LogP contribution in [-0.4, -0.2) is 68.6 Å². The number of aliphatic hydroxyl groups is 1. The first-order chi connectivity index (χ1) is 13.1. The van der Waals surface area contributed by atoms with Gasteiger partial charge in [0, 0.05) is 0 Å². The Hall–Kier alpha value is -1.68. The molecule has 1 aromatic carbocycles. The normalized spacial score (nSPS) is 20.4. The van der Waals surface area contributed by atoms with E-state index in [-0.39, 0.29) is 44.3 Å². The van der Waals surface area contributed by atoms with Gasteiger partial charge in [-0.3, -0.25) is 4.18 Å². The van der Waals surface area contributed by atoms with Crippen LogP contribution >= 0.6 is 0 Å². The van der Waals surface area contributed by atoms with Gasteiger partial charge in [-0.25, -0.2) is 4.79 Å². The van der Waals surface area contributed by atoms with Gasteiger partial charge in [-0.2, -0.15) is 8.42 Å². The number of amides is 1. The molecule has 2 rings (SSSR count). The van der Waals surface area contributed by atoms with E-state index >= 15 is 0 Å². The number of benzene rings is 1. The van der Waals surface area contributed by atoms with Crippen LogP contribution in [0.2, 0.25) is 0 Å². The maximum atomic E-state index is 12.2. The molecule has 0 unspecified atom stereocenters. The molecule has 2 atom stereocenters. The zero-order valence-electron chi connectivity index (χ0n) is 16.5. The highest BCUT2D eigenvalue weighted by Crippen LogP contribution is 2.23. The summed E-state index contributed by atoms with van der Waals surface area (Å²) in [5, 5.41) is 9.51. The zero-order chi connectivity index (χ0) is 20.8. The van der Waals surface area contributed by atoms with Gasteiger partial charge >= 0.3 is 6.09 Å². The van der Waals surface area contributed by atoms with E-state index in [0.29, 0.717) is 12.0 Å². The molecule has 0 aromatic heterocycles. The Bertz CT molecular complexity index is 730. The van der Waals surface area contributed by atoms with E-state index < -0.39 is 21.8 Å². The molecule has 1 N–H and O–H groups in total. The minimum absolute atomic E-state index is 0.0684. The molecule has 1 heterocycles. The van der Waals surface area contributed by atoms with Crippen molar-refractivity contribution in [3.8, 4) is 0 Å². The van der Waals surface area contributed by atoms with E-state index in [1.165, 1.54) is 4.90 Å². The standard InChI is InChI=1S/C19H29NO7S/c1-19(2,3)27-18(22)20-12-17(11-16(20)13-21)25-9-10-26-28(23,24)14-15-7-5-4-6-8-15/h4-8,16-17,21H,9-14H2,1-3H3/t16-,17+/m0/s1. The first kappa shape index (κ1) is 22.6. The Labute approximate surface area is 166 Å². The third-order valence-electron chi connectivity index (χ3n) is 4.10. The lowest BCUT2D eigenvalue weighted by molar-refractivity contribution is 0.0117. The number of hydrogen-bond donors (Lipinski definition) is 1. The summed E-state index contributed by atoms with van der Waals surface area (Å²) in [6.07, 6.45) is -0.364. The average molecular weight is 416 g/mol. The fourth-order valence-electron chi connectivity index (χ4n) is 2.91. The minimum Gasteiger partial charge on any atom is -0.444 e. The highest BCUT2D eigenvalue weighted by molar-refractivity contribution is 7.85. The van der Waals surface area contributed by atoms with Crippen molar-refractivity contribution >= 4 is 16.2 Å². The number of hydrogen-bond acceptors (Lipinski definition) is 7. The summed E-state index contributed by atoms with van der Waals surface area (Å²) in [4.78, 5) is 13.7. The molecule has 0 radical (unpaired) electrons. The Kier molecular flexibility index (Phi) is 7.82. The number of likely N-dealkylation sites (tertiary alicyclic amines) is 1. The molecule has 1 amide bonds. The van der Waals surface area contributed by atoms with Crippen molar-refractivity contribution < 1.29 is 32.0 Å². The summed E-state index contributed by atoms with van der Waals surface area (Å²) in [6, 6.07) is 8.39. The monoisotopic (exact) mass is 415 g/mol. The Morgan fingerprint density at radius 3 is 2.50 bits per heavy atom. The van der Waals surface area contributed by atoms with Crippen LogP contribution in [0.3, 0.4) is 0 Å². The van der Waals surface area contributed by atoms with E-state index in [9.17, 15) is 18.3 Å². The van der Waals surface area contributed by atoms with Gasteiger partial charge < -0.3 is 19.5 Å². The Morgan fingerprint density at radius 2 is 1.89 bits per heavy atom. The fourth-order valence-corrected chi connectivity index (χ4v) is 3.91. The summed E-state index contributed by atoms with van der Waals surface area (Å²) < 4.78 is 39.9. The number of nitrogens with zero attached hydrogens (tertiary/aromatic N) is 1. The van der Waals surface area contributed by atoms with Crippen molar-refractivity contribution in [2.24, 2.45) is 0 Å². The molecular formula is C19H29NO7S. The topological polar surface area (TPSA) is 102 Å². The smallest absolute Gasteiger partial charge is 0.410 e. The van der Waals surface area contributed by atoms with Crippen LogP contribution in [0, 0.1) is 0 Å². The summed E-state index contributed by atoms with van der Waals surface area (Å²) in [6.45, 7) is 5.36. The number of carbonyl (C=O) groups is 1. The van der Waals surface area contributed by atoms with Crippen LogP contribution in [0.25, 0.3) is 0 Å². The van der Waals surface area contributed by atoms with Crippen molar-refractivity contribution in [3.63, 3.8) is 0 Å². The number of aliphatic hydroxyl groups excluding tert-OH is 1. The molecule has 1 aromatic rings. The molecule has 0 saturated carbocycles. The van der Waals surface area contributed by atoms with Crippen LogP contribution in [0.15, 0.2) is 30.3 Å². The Morgan fingerprint density at radius 1 is 1.21 bits per heavy atom. The van der Waals surface area contributed by atoms with Gasteiger partial charge in [0.25, 0.3) is 10.1 Å². The fraction of sp³-hybridized carbons (Fsp3) is 0.632. The van der Waals surface area contributed by atoms with Gasteiger partial charge in [0.15, 0.2) is 0 Å². The summed E-state index contributed by atoms with van der Waals surface area (Å²) >= 11 is 0. The van der Waals surface area contributed by atoms with Crippen LogP contribution < -0.4 is 0 Å². The second-order valence-electron chi connectivity index (χ2n) is 7.71. The molecule has 0 spiro atoms. The molecule has 0 bridgehead atoms. The quantitative estimate of drug-likeness (QED) is 0.511. The van der Waals surface area contributed by atoms with Crippen molar-refractivity contribution in [2.75, 3.05) is 26.4 Å². The van der Waals surface area contributed by atoms with Crippen LogP contribution in [0.1, 0.15) is 32.8 Å². The van der Waals surface area contributed by atoms with Gasteiger partial charge in [-0.05, 0) is 32.8 Å². The van der Waals surface area contributed by atoms with Crippen molar-refractivity contribution in [3.05, 3.63) is 35.9 Å². The lowest BCUT2D eigenvalue weighted by Gasteiger charge is -2.27. The van der Waals surface area contributed by atoms with Crippen LogP contribution in [0.5, 0.6) is 0 Å². The molecule has 9 heteroatoms. The van der Waals surface area contributed by atoms with E-state index in [2.05, 4.69) is 0 Å². The number of carbonyl (C=O) groups excluding carboxylic acids is 1. The molecule has 8 nitrogen and oxygen atoms in total. The zero-order valence-corrected chi connectivity index (χ0v) is 17.4. The second kappa shape index (κ2) is 9.69. The first-order valence-electron chi connectivity index (χ1n) is 9.23. The maximum absolute atomic E-state index is 12.2. The van der Waals surface area contributed by atoms with E-state index in [0.717, 1.165) is 0 Å². The van der Waals surface area contributed by atoms with Gasteiger partial charge in [0.2, 0.25) is 0 Å². The predicted octanol–water partition coefficient (Wildman–Crippen LogP) is 1.92. The molecule has 28 heavy (non-hydrogen) atoms. The summed E-state index contributed by atoms with van der Waals surface area (Å²) in [5.74, 6) is -0.198. The SMILES string of the molecule is CC(C)(C)OC(=O)N1C[C@H](OCCOS(=O)(=O)Cc2ccccc2)C[C@H]1CO. The highest BCUT2D eigenvalue weighted by atomic mass is 32.2. The Balaban J connectivity index is 1.76. The van der Waals surface area contributed by atoms with E-state index in [1.807, 2.05) is 6.07 Å². The maximum Gasteiger partial charge on any atom is 0.410 e. The van der Waals surface area contributed by atoms with E-state index in [1.54, 1.807) is 45.0 Å². The minimum atomic E-state index is -3.69. The van der Waals surface area contributed by atoms with Crippen LogP contribution in [0.4, 0.5) is 4.79 Å². The lowest BCUT2D eigenvalue weighted by atomic mass is 10.2. The van der Waals surface area contributed by atoms with Gasteiger partial charge in [0.1, 0.15) is 11.4 Å². The summed E-state index contributed by atoms with van der Waals surface area (Å²) in [5.41, 5.74) is 0.0229. The molecule has 1 fully saturated rings. The van der Waals surface area contributed by atoms with E-state index in [4.69, 9.17) is 13.7 Å². The van der Waals surface area contributed by atoms with Crippen molar-refractivity contribution in [1.29, 1.82) is 0 Å². The molecule has 0 aliphatic carbocycles. The molecule has 1 saturated heterocycles. The lowest BCUT2D eigenvalue weighted by Crippen LogP contribution is -2.41. The summed E-state index contributed by atoms with van der Waals surface area (Å²) in [7, 11) is -3.69. The average Bonchev–Trinajstić information content (AvgIpc) is 3.01. The first-order valence-corrected chi connectivity index (χ1v) is 10.8. The third kappa shape index (κ3) is 7.38. The largest absolute Gasteiger partial charge is 0.444 e. The molecule has 1 aliphatic heterocycles. The molecular weight excluding hydrogens is 386 g/mol. The van der Waals surface area contributed by atoms with Crippen molar-refractivity contribution in [1.82, 2.24) is 4.90 Å². The van der Waals surface area contributed by atoms with Gasteiger partial charge in [-0.15, -0.1) is 0 Å². The number of rotatable bonds is 8. The van der Waals surface area contributed by atoms with Crippen molar-refractivity contribution in [2.45, 2.75) is 50.7 Å². The second-order valence-corrected chi connectivity index (χ2v) is 9.35. The van der Waals surface area contributed by atoms with Crippen LogP contribution in [-0.2, 0) is 29.5 Å². The third-order valence-corrected chi connectivity index (χ3v) is 5.31. The van der Waals surface area contributed by atoms with Gasteiger partial charge in [0.05, 0.1) is 38.5 Å². The highest BCUT2D eigenvalue weighted by Gasteiger charge is 2.37.